The summed E-state index contributed by atoms with van der Waals surface area (Å²) >= 11 is 6.19. The van der Waals surface area contributed by atoms with Gasteiger partial charge in [0.2, 0.25) is 15.9 Å². The lowest BCUT2D eigenvalue weighted by Gasteiger charge is -2.18. The topological polar surface area (TPSA) is 88.6 Å². The molecule has 0 saturated carbocycles. The first-order valence-corrected chi connectivity index (χ1v) is 9.56. The van der Waals surface area contributed by atoms with E-state index in [1.54, 1.807) is 24.4 Å². The Morgan fingerprint density at radius 1 is 1.44 bits per heavy atom. The standard InChI is InChI=1S/C16H18ClN3O4S/c1-24-10-15(21)19-12-5-6-20(9-12)25(22,23)14-4-2-3-11-7-18-8-13(17)16(11)14/h2-4,7-8,12H,5-6,9-10H2,1H3,(H,19,21)/t12-/m1/s1. The van der Waals surface area contributed by atoms with Crippen molar-refractivity contribution in [3.05, 3.63) is 35.6 Å². The fourth-order valence-corrected chi connectivity index (χ4v) is 5.04. The van der Waals surface area contributed by atoms with Crippen molar-refractivity contribution < 1.29 is 17.9 Å². The van der Waals surface area contributed by atoms with Crippen LogP contribution in [-0.4, -0.2) is 56.5 Å². The Kier molecular flexibility index (Phi) is 5.24. The zero-order valence-electron chi connectivity index (χ0n) is 13.6. The molecule has 3 rings (SSSR count). The molecule has 7 nitrogen and oxygen atoms in total. The average Bonchev–Trinajstić information content (AvgIpc) is 3.04. The van der Waals surface area contributed by atoms with E-state index in [0.29, 0.717) is 28.8 Å². The van der Waals surface area contributed by atoms with Crippen LogP contribution >= 0.6 is 11.6 Å². The Morgan fingerprint density at radius 2 is 2.24 bits per heavy atom. The summed E-state index contributed by atoms with van der Waals surface area (Å²) in [6.07, 6.45) is 3.56. The lowest BCUT2D eigenvalue weighted by Crippen LogP contribution is -2.40. The number of carbonyl (C=O) groups excluding carboxylic acids is 1. The van der Waals surface area contributed by atoms with Crippen molar-refractivity contribution in [1.82, 2.24) is 14.6 Å². The highest BCUT2D eigenvalue weighted by Crippen LogP contribution is 2.32. The van der Waals surface area contributed by atoms with Gasteiger partial charge in [-0.1, -0.05) is 23.7 Å². The van der Waals surface area contributed by atoms with Gasteiger partial charge in [0.1, 0.15) is 6.61 Å². The van der Waals surface area contributed by atoms with Gasteiger partial charge in [0.25, 0.3) is 0 Å². The quantitative estimate of drug-likeness (QED) is 0.843. The number of nitrogens with one attached hydrogen (secondary N) is 1. The number of amides is 1. The van der Waals surface area contributed by atoms with Crippen molar-refractivity contribution in [3.8, 4) is 0 Å². The fraction of sp³-hybridized carbons (Fsp3) is 0.375. The summed E-state index contributed by atoms with van der Waals surface area (Å²) in [7, 11) is -2.30. The summed E-state index contributed by atoms with van der Waals surface area (Å²) in [5.74, 6) is -0.258. The van der Waals surface area contributed by atoms with E-state index in [0.717, 1.165) is 0 Å². The molecule has 1 aromatic carbocycles. The second kappa shape index (κ2) is 7.25. The van der Waals surface area contributed by atoms with Crippen molar-refractivity contribution >= 4 is 38.3 Å². The minimum atomic E-state index is -3.73. The van der Waals surface area contributed by atoms with Crippen LogP contribution in [0.4, 0.5) is 0 Å². The molecule has 2 aromatic rings. The van der Waals surface area contributed by atoms with Gasteiger partial charge in [0, 0.05) is 49.4 Å². The first-order valence-electron chi connectivity index (χ1n) is 7.74. The molecule has 1 saturated heterocycles. The molecule has 2 heterocycles. The number of hydrogen-bond donors (Lipinski definition) is 1. The Bertz CT molecular complexity index is 898. The molecule has 1 aromatic heterocycles. The van der Waals surface area contributed by atoms with Crippen LogP contribution in [-0.2, 0) is 19.6 Å². The van der Waals surface area contributed by atoms with Gasteiger partial charge in [0.15, 0.2) is 0 Å². The number of fused-ring (bicyclic) bond motifs is 1. The summed E-state index contributed by atoms with van der Waals surface area (Å²) in [6, 6.07) is 4.75. The summed E-state index contributed by atoms with van der Waals surface area (Å²) < 4.78 is 32.3. The van der Waals surface area contributed by atoms with Crippen LogP contribution in [0.5, 0.6) is 0 Å². The van der Waals surface area contributed by atoms with E-state index in [1.807, 2.05) is 0 Å². The van der Waals surface area contributed by atoms with Crippen molar-refractivity contribution in [1.29, 1.82) is 0 Å². The number of benzene rings is 1. The van der Waals surface area contributed by atoms with Crippen molar-refractivity contribution in [2.45, 2.75) is 17.4 Å². The Hall–Kier alpha value is -1.74. The van der Waals surface area contributed by atoms with Gasteiger partial charge >= 0.3 is 0 Å². The Morgan fingerprint density at radius 3 is 3.00 bits per heavy atom. The van der Waals surface area contributed by atoms with Gasteiger partial charge in [0.05, 0.1) is 9.92 Å². The normalized spacial score (nSPS) is 18.6. The molecule has 1 amide bonds. The lowest BCUT2D eigenvalue weighted by atomic mass is 10.2. The minimum Gasteiger partial charge on any atom is -0.375 e. The lowest BCUT2D eigenvalue weighted by molar-refractivity contribution is -0.125. The minimum absolute atomic E-state index is 0.0464. The van der Waals surface area contributed by atoms with E-state index in [9.17, 15) is 13.2 Å². The number of ether oxygens (including phenoxy) is 1. The van der Waals surface area contributed by atoms with Crippen molar-refractivity contribution in [2.75, 3.05) is 26.8 Å². The molecule has 1 atom stereocenters. The SMILES string of the molecule is COCC(=O)N[C@@H]1CCN(S(=O)(=O)c2cccc3cncc(Cl)c23)C1. The summed E-state index contributed by atoms with van der Waals surface area (Å²) in [5.41, 5.74) is 0. The van der Waals surface area contributed by atoms with Gasteiger partial charge in [-0.3, -0.25) is 9.78 Å². The van der Waals surface area contributed by atoms with Crippen LogP contribution < -0.4 is 5.32 Å². The van der Waals surface area contributed by atoms with Crippen molar-refractivity contribution in [2.24, 2.45) is 0 Å². The zero-order chi connectivity index (χ0) is 18.0. The van der Waals surface area contributed by atoms with Crippen LogP contribution in [0.15, 0.2) is 35.5 Å². The van der Waals surface area contributed by atoms with E-state index in [4.69, 9.17) is 16.3 Å². The largest absolute Gasteiger partial charge is 0.375 e. The van der Waals surface area contributed by atoms with Gasteiger partial charge in [-0.25, -0.2) is 8.42 Å². The predicted octanol–water partition coefficient (Wildman–Crippen LogP) is 1.41. The number of pyridine rings is 1. The van der Waals surface area contributed by atoms with E-state index < -0.39 is 10.0 Å². The first kappa shape index (κ1) is 18.1. The number of methoxy groups -OCH3 is 1. The number of rotatable bonds is 5. The Labute approximate surface area is 151 Å². The third kappa shape index (κ3) is 3.62. The maximum atomic E-state index is 13.1. The fourth-order valence-electron chi connectivity index (χ4n) is 2.98. The first-order chi connectivity index (χ1) is 11.9. The molecule has 1 N–H and O–H groups in total. The molecular formula is C16H18ClN3O4S. The third-order valence-corrected chi connectivity index (χ3v) is 6.30. The van der Waals surface area contributed by atoms with Crippen LogP contribution in [0.3, 0.4) is 0 Å². The molecule has 0 unspecified atom stereocenters. The van der Waals surface area contributed by atoms with Crippen LogP contribution in [0.1, 0.15) is 6.42 Å². The van der Waals surface area contributed by atoms with E-state index >= 15 is 0 Å². The summed E-state index contributed by atoms with van der Waals surface area (Å²) in [4.78, 5) is 15.8. The number of sulfonamides is 1. The smallest absolute Gasteiger partial charge is 0.246 e. The summed E-state index contributed by atoms with van der Waals surface area (Å²) in [5, 5.41) is 4.20. The second-order valence-electron chi connectivity index (χ2n) is 5.82. The highest BCUT2D eigenvalue weighted by molar-refractivity contribution is 7.89. The number of carbonyl (C=O) groups is 1. The number of nitrogens with zero attached hydrogens (tertiary/aromatic N) is 2. The molecule has 1 aliphatic rings. The van der Waals surface area contributed by atoms with Gasteiger partial charge in [-0.05, 0) is 12.5 Å². The molecule has 0 bridgehead atoms. The van der Waals surface area contributed by atoms with Gasteiger partial charge in [-0.2, -0.15) is 4.31 Å². The molecule has 1 fully saturated rings. The average molecular weight is 384 g/mol. The van der Waals surface area contributed by atoms with Crippen LogP contribution in [0.2, 0.25) is 5.02 Å². The molecule has 9 heteroatoms. The maximum Gasteiger partial charge on any atom is 0.246 e. The highest BCUT2D eigenvalue weighted by atomic mass is 35.5. The third-order valence-electron chi connectivity index (χ3n) is 4.11. The predicted molar refractivity (Wildman–Crippen MR) is 93.9 cm³/mol. The maximum absolute atomic E-state index is 13.1. The molecule has 134 valence electrons. The van der Waals surface area contributed by atoms with E-state index in [-0.39, 0.29) is 30.0 Å². The molecular weight excluding hydrogens is 366 g/mol. The highest BCUT2D eigenvalue weighted by Gasteiger charge is 2.34. The van der Waals surface area contributed by atoms with E-state index in [2.05, 4.69) is 10.3 Å². The Balaban J connectivity index is 1.87. The second-order valence-corrected chi connectivity index (χ2v) is 8.14. The van der Waals surface area contributed by atoms with Crippen LogP contribution in [0, 0.1) is 0 Å². The number of aromatic nitrogens is 1. The summed E-state index contributed by atoms with van der Waals surface area (Å²) in [6.45, 7) is 0.505. The van der Waals surface area contributed by atoms with Gasteiger partial charge < -0.3 is 10.1 Å². The monoisotopic (exact) mass is 383 g/mol. The molecule has 1 aliphatic heterocycles. The number of hydrogen-bond acceptors (Lipinski definition) is 5. The zero-order valence-corrected chi connectivity index (χ0v) is 15.2. The van der Waals surface area contributed by atoms with E-state index in [1.165, 1.54) is 17.6 Å². The van der Waals surface area contributed by atoms with Gasteiger partial charge in [-0.15, -0.1) is 0 Å². The molecule has 25 heavy (non-hydrogen) atoms. The van der Waals surface area contributed by atoms with Crippen molar-refractivity contribution in [3.63, 3.8) is 0 Å². The molecule has 0 aliphatic carbocycles. The number of halogens is 1. The van der Waals surface area contributed by atoms with Crippen LogP contribution in [0.25, 0.3) is 10.8 Å². The molecule has 0 spiro atoms. The molecule has 0 radical (unpaired) electrons.